The first kappa shape index (κ1) is 13.8. The molecule has 1 amide bonds. The summed E-state index contributed by atoms with van der Waals surface area (Å²) >= 11 is 1.76. The van der Waals surface area contributed by atoms with Gasteiger partial charge < -0.3 is 10.2 Å². The molecule has 2 N–H and O–H groups in total. The van der Waals surface area contributed by atoms with Crippen LogP contribution in [0.1, 0.15) is 19.3 Å². The molecule has 0 saturated carbocycles. The zero-order chi connectivity index (χ0) is 13.8. The first-order valence-corrected chi connectivity index (χ1v) is 8.45. The Morgan fingerprint density at radius 1 is 1.20 bits per heavy atom. The van der Waals surface area contributed by atoms with E-state index in [2.05, 4.69) is 27.7 Å². The van der Waals surface area contributed by atoms with Gasteiger partial charge in [-0.2, -0.15) is 0 Å². The standard InChI is InChI=1S/C15H21N3OS/c19-15(14-10-20-11-16-14)17-12-4-6-13(7-5-12)18-8-2-1-3-9-18/h4-7,14,16H,1-3,8-11H2,(H,17,19). The summed E-state index contributed by atoms with van der Waals surface area (Å²) in [6.07, 6.45) is 3.91. The van der Waals surface area contributed by atoms with Crippen LogP contribution in [0.15, 0.2) is 24.3 Å². The Labute approximate surface area is 124 Å². The summed E-state index contributed by atoms with van der Waals surface area (Å²) in [4.78, 5) is 14.4. The molecule has 0 spiro atoms. The third-order valence-electron chi connectivity index (χ3n) is 3.89. The van der Waals surface area contributed by atoms with Crippen molar-refractivity contribution in [2.75, 3.05) is 34.9 Å². The van der Waals surface area contributed by atoms with Crippen LogP contribution in [-0.4, -0.2) is 36.7 Å². The number of carbonyl (C=O) groups excluding carboxylic acids is 1. The van der Waals surface area contributed by atoms with Gasteiger partial charge in [0.15, 0.2) is 0 Å². The molecule has 1 unspecified atom stereocenters. The van der Waals surface area contributed by atoms with E-state index in [0.29, 0.717) is 0 Å². The highest BCUT2D eigenvalue weighted by Crippen LogP contribution is 2.22. The summed E-state index contributed by atoms with van der Waals surface area (Å²) in [5, 5.41) is 6.16. The van der Waals surface area contributed by atoms with Gasteiger partial charge in [-0.3, -0.25) is 10.1 Å². The number of benzene rings is 1. The average Bonchev–Trinajstić information content (AvgIpc) is 3.03. The van der Waals surface area contributed by atoms with Crippen molar-refractivity contribution in [1.82, 2.24) is 5.32 Å². The number of carbonyl (C=O) groups is 1. The van der Waals surface area contributed by atoms with Gasteiger partial charge in [-0.1, -0.05) is 0 Å². The van der Waals surface area contributed by atoms with Crippen LogP contribution in [0.5, 0.6) is 0 Å². The molecular formula is C15H21N3OS. The molecule has 5 heteroatoms. The van der Waals surface area contributed by atoms with Crippen molar-refractivity contribution in [3.8, 4) is 0 Å². The first-order chi connectivity index (χ1) is 9.83. The maximum Gasteiger partial charge on any atom is 0.242 e. The number of anilines is 2. The van der Waals surface area contributed by atoms with E-state index in [0.717, 1.165) is 30.4 Å². The second kappa shape index (κ2) is 6.50. The average molecular weight is 291 g/mol. The molecule has 20 heavy (non-hydrogen) atoms. The van der Waals surface area contributed by atoms with Gasteiger partial charge in [0.05, 0.1) is 6.04 Å². The van der Waals surface area contributed by atoms with Crippen LogP contribution in [0.25, 0.3) is 0 Å². The fraction of sp³-hybridized carbons (Fsp3) is 0.533. The highest BCUT2D eigenvalue weighted by atomic mass is 32.2. The van der Waals surface area contributed by atoms with Gasteiger partial charge >= 0.3 is 0 Å². The van der Waals surface area contributed by atoms with Crippen molar-refractivity contribution < 1.29 is 4.79 Å². The molecule has 0 aromatic heterocycles. The van der Waals surface area contributed by atoms with Gasteiger partial charge in [-0.15, -0.1) is 11.8 Å². The van der Waals surface area contributed by atoms with Crippen LogP contribution in [0, 0.1) is 0 Å². The zero-order valence-corrected chi connectivity index (χ0v) is 12.4. The summed E-state index contributed by atoms with van der Waals surface area (Å²) in [6, 6.07) is 8.17. The molecular weight excluding hydrogens is 270 g/mol. The molecule has 2 fully saturated rings. The minimum Gasteiger partial charge on any atom is -0.372 e. The summed E-state index contributed by atoms with van der Waals surface area (Å²) in [5.41, 5.74) is 2.15. The third kappa shape index (κ3) is 3.27. The number of thioether (sulfide) groups is 1. The Bertz CT molecular complexity index is 451. The van der Waals surface area contributed by atoms with Crippen LogP contribution in [0.2, 0.25) is 0 Å². The van der Waals surface area contributed by atoms with E-state index >= 15 is 0 Å². The first-order valence-electron chi connectivity index (χ1n) is 7.30. The monoisotopic (exact) mass is 291 g/mol. The maximum atomic E-state index is 12.0. The van der Waals surface area contributed by atoms with Gasteiger partial charge in [0.25, 0.3) is 0 Å². The van der Waals surface area contributed by atoms with Crippen molar-refractivity contribution in [2.24, 2.45) is 0 Å². The number of rotatable bonds is 3. The second-order valence-electron chi connectivity index (χ2n) is 5.36. The Balaban J connectivity index is 1.59. The smallest absolute Gasteiger partial charge is 0.242 e. The number of hydrogen-bond acceptors (Lipinski definition) is 4. The Hall–Kier alpha value is -1.20. The Morgan fingerprint density at radius 2 is 1.95 bits per heavy atom. The summed E-state index contributed by atoms with van der Waals surface area (Å²) in [6.45, 7) is 2.30. The van der Waals surface area contributed by atoms with E-state index in [-0.39, 0.29) is 11.9 Å². The zero-order valence-electron chi connectivity index (χ0n) is 11.6. The third-order valence-corrected chi connectivity index (χ3v) is 4.83. The molecule has 3 rings (SSSR count). The number of piperidine rings is 1. The van der Waals surface area contributed by atoms with Gasteiger partial charge in [-0.25, -0.2) is 0 Å². The highest BCUT2D eigenvalue weighted by Gasteiger charge is 2.22. The summed E-state index contributed by atoms with van der Waals surface area (Å²) in [7, 11) is 0. The molecule has 2 heterocycles. The molecule has 2 aliphatic heterocycles. The number of hydrogen-bond donors (Lipinski definition) is 2. The molecule has 2 aliphatic rings. The molecule has 4 nitrogen and oxygen atoms in total. The van der Waals surface area contributed by atoms with Crippen molar-refractivity contribution in [3.63, 3.8) is 0 Å². The minimum atomic E-state index is -0.0539. The second-order valence-corrected chi connectivity index (χ2v) is 6.39. The maximum absolute atomic E-state index is 12.0. The summed E-state index contributed by atoms with van der Waals surface area (Å²) < 4.78 is 0. The van der Waals surface area contributed by atoms with Crippen molar-refractivity contribution >= 4 is 29.0 Å². The molecule has 108 valence electrons. The normalized spacial score (nSPS) is 22.8. The molecule has 1 aromatic carbocycles. The Morgan fingerprint density at radius 3 is 2.60 bits per heavy atom. The molecule has 0 radical (unpaired) electrons. The van der Waals surface area contributed by atoms with E-state index in [1.54, 1.807) is 11.8 Å². The van der Waals surface area contributed by atoms with Gasteiger partial charge in [-0.05, 0) is 43.5 Å². The molecule has 1 aromatic rings. The lowest BCUT2D eigenvalue weighted by atomic mass is 10.1. The Kier molecular flexibility index (Phi) is 4.47. The summed E-state index contributed by atoms with van der Waals surface area (Å²) in [5.74, 6) is 1.80. The lowest BCUT2D eigenvalue weighted by molar-refractivity contribution is -0.117. The highest BCUT2D eigenvalue weighted by molar-refractivity contribution is 7.99. The van der Waals surface area contributed by atoms with E-state index in [9.17, 15) is 4.79 Å². The van der Waals surface area contributed by atoms with E-state index < -0.39 is 0 Å². The predicted molar refractivity (Wildman–Crippen MR) is 85.4 cm³/mol. The number of nitrogens with one attached hydrogen (secondary N) is 2. The van der Waals surface area contributed by atoms with E-state index in [4.69, 9.17) is 0 Å². The van der Waals surface area contributed by atoms with Crippen molar-refractivity contribution in [1.29, 1.82) is 0 Å². The van der Waals surface area contributed by atoms with Gasteiger partial charge in [0.2, 0.25) is 5.91 Å². The quantitative estimate of drug-likeness (QED) is 0.897. The fourth-order valence-corrected chi connectivity index (χ4v) is 3.64. The van der Waals surface area contributed by atoms with E-state index in [1.165, 1.54) is 24.9 Å². The van der Waals surface area contributed by atoms with Crippen LogP contribution in [-0.2, 0) is 4.79 Å². The largest absolute Gasteiger partial charge is 0.372 e. The fourth-order valence-electron chi connectivity index (χ4n) is 2.70. The van der Waals surface area contributed by atoms with E-state index in [1.807, 2.05) is 12.1 Å². The van der Waals surface area contributed by atoms with Crippen LogP contribution >= 0.6 is 11.8 Å². The van der Waals surface area contributed by atoms with Gasteiger partial charge in [0, 0.05) is 36.1 Å². The molecule has 0 bridgehead atoms. The van der Waals surface area contributed by atoms with Crippen molar-refractivity contribution in [2.45, 2.75) is 25.3 Å². The van der Waals surface area contributed by atoms with Crippen molar-refractivity contribution in [3.05, 3.63) is 24.3 Å². The number of nitrogens with zero attached hydrogens (tertiary/aromatic N) is 1. The topological polar surface area (TPSA) is 44.4 Å². The lowest BCUT2D eigenvalue weighted by Gasteiger charge is -2.28. The number of amides is 1. The predicted octanol–water partition coefficient (Wildman–Crippen LogP) is 2.28. The SMILES string of the molecule is O=C(Nc1ccc(N2CCCCC2)cc1)C1CSCN1. The minimum absolute atomic E-state index is 0.0539. The van der Waals surface area contributed by atoms with Crippen LogP contribution < -0.4 is 15.5 Å². The molecule has 1 atom stereocenters. The lowest BCUT2D eigenvalue weighted by Crippen LogP contribution is -2.37. The van der Waals surface area contributed by atoms with Gasteiger partial charge in [0.1, 0.15) is 0 Å². The molecule has 2 saturated heterocycles. The van der Waals surface area contributed by atoms with Crippen LogP contribution in [0.3, 0.4) is 0 Å². The van der Waals surface area contributed by atoms with Crippen LogP contribution in [0.4, 0.5) is 11.4 Å². The molecule has 0 aliphatic carbocycles.